The summed E-state index contributed by atoms with van der Waals surface area (Å²) in [4.78, 5) is 26.3. The summed E-state index contributed by atoms with van der Waals surface area (Å²) in [6, 6.07) is 9.25. The molecule has 31 heavy (non-hydrogen) atoms. The van der Waals surface area contributed by atoms with E-state index in [-0.39, 0.29) is 23.3 Å². The summed E-state index contributed by atoms with van der Waals surface area (Å²) in [6.45, 7) is 9.73. The Morgan fingerprint density at radius 1 is 1.23 bits per heavy atom. The monoisotopic (exact) mass is 447 g/mol. The van der Waals surface area contributed by atoms with Crippen LogP contribution in [0, 0.1) is 6.92 Å². The van der Waals surface area contributed by atoms with E-state index in [4.69, 9.17) is 16.3 Å². The predicted molar refractivity (Wildman–Crippen MR) is 122 cm³/mol. The third-order valence-electron chi connectivity index (χ3n) is 4.33. The smallest absolute Gasteiger partial charge is 0.293 e. The zero-order valence-electron chi connectivity index (χ0n) is 18.4. The van der Waals surface area contributed by atoms with Crippen molar-refractivity contribution in [1.82, 2.24) is 10.3 Å². The molecule has 2 aromatic rings. The summed E-state index contributed by atoms with van der Waals surface area (Å²) in [5, 5.41) is 6.58. The van der Waals surface area contributed by atoms with Crippen molar-refractivity contribution >= 4 is 29.7 Å². The quantitative estimate of drug-likeness (QED) is 0.661. The van der Waals surface area contributed by atoms with E-state index in [0.717, 1.165) is 37.2 Å². The molecule has 1 fully saturated rings. The lowest BCUT2D eigenvalue weighted by Crippen LogP contribution is -2.34. The molecular formula is C23H30ClN3O4. The average Bonchev–Trinajstić information content (AvgIpc) is 2.70. The van der Waals surface area contributed by atoms with Crippen molar-refractivity contribution in [2.45, 2.75) is 52.2 Å². The molecule has 0 radical (unpaired) electrons. The van der Waals surface area contributed by atoms with E-state index in [9.17, 15) is 9.59 Å². The number of aromatic nitrogens is 1. The van der Waals surface area contributed by atoms with Gasteiger partial charge in [-0.3, -0.25) is 9.59 Å². The molecule has 168 valence electrons. The third-order valence-corrected chi connectivity index (χ3v) is 4.53. The average molecular weight is 448 g/mol. The first-order chi connectivity index (χ1) is 14.7. The molecule has 1 saturated heterocycles. The van der Waals surface area contributed by atoms with Crippen LogP contribution in [0.5, 0.6) is 5.75 Å². The van der Waals surface area contributed by atoms with Gasteiger partial charge in [0.05, 0.1) is 5.02 Å². The summed E-state index contributed by atoms with van der Waals surface area (Å²) in [5.74, 6) is 0.124. The number of pyridine rings is 1. The Hall–Kier alpha value is -2.64. The lowest BCUT2D eigenvalue weighted by molar-refractivity contribution is -0.138. The normalized spacial score (nSPS) is 14.1. The summed E-state index contributed by atoms with van der Waals surface area (Å²) in [7, 11) is 0. The number of benzene rings is 1. The SMILES string of the molecule is CC(C)(C)OC=O.Cc1ccc(NC(=O)c2ncc(Cl)cc2OC2CCNCC2)cc1. The van der Waals surface area contributed by atoms with Gasteiger partial charge in [-0.2, -0.15) is 0 Å². The van der Waals surface area contributed by atoms with E-state index < -0.39 is 0 Å². The molecule has 0 bridgehead atoms. The number of rotatable bonds is 5. The van der Waals surface area contributed by atoms with Gasteiger partial charge in [0.1, 0.15) is 11.7 Å². The van der Waals surface area contributed by atoms with E-state index in [0.29, 0.717) is 17.2 Å². The van der Waals surface area contributed by atoms with Crippen molar-refractivity contribution < 1.29 is 19.1 Å². The number of piperidine rings is 1. The second kappa shape index (κ2) is 11.7. The second-order valence-corrected chi connectivity index (χ2v) is 8.65. The van der Waals surface area contributed by atoms with Gasteiger partial charge in [-0.25, -0.2) is 4.98 Å². The molecule has 1 amide bonds. The molecule has 2 N–H and O–H groups in total. The van der Waals surface area contributed by atoms with E-state index in [1.165, 1.54) is 6.20 Å². The van der Waals surface area contributed by atoms with Crippen LogP contribution in [0.1, 0.15) is 49.7 Å². The van der Waals surface area contributed by atoms with E-state index in [2.05, 4.69) is 20.4 Å². The number of carbonyl (C=O) groups excluding carboxylic acids is 2. The highest BCUT2D eigenvalue weighted by atomic mass is 35.5. The summed E-state index contributed by atoms with van der Waals surface area (Å²) < 4.78 is 10.5. The van der Waals surface area contributed by atoms with Gasteiger partial charge >= 0.3 is 0 Å². The summed E-state index contributed by atoms with van der Waals surface area (Å²) in [6.07, 6.45) is 3.32. The first-order valence-corrected chi connectivity index (χ1v) is 10.6. The van der Waals surface area contributed by atoms with Crippen molar-refractivity contribution in [2.75, 3.05) is 18.4 Å². The Balaban J connectivity index is 0.000000423. The van der Waals surface area contributed by atoms with Gasteiger partial charge < -0.3 is 20.1 Å². The Kier molecular flexibility index (Phi) is 9.27. The highest BCUT2D eigenvalue weighted by Gasteiger charge is 2.20. The molecule has 1 aliphatic rings. The van der Waals surface area contributed by atoms with E-state index in [1.54, 1.807) is 6.07 Å². The predicted octanol–water partition coefficient (Wildman–Crippen LogP) is 4.38. The number of nitrogens with one attached hydrogen (secondary N) is 2. The van der Waals surface area contributed by atoms with Gasteiger partial charge in [0.2, 0.25) is 0 Å². The maximum atomic E-state index is 12.6. The fraction of sp³-hybridized carbons (Fsp3) is 0.435. The Morgan fingerprint density at radius 3 is 2.42 bits per heavy atom. The zero-order chi connectivity index (χ0) is 22.9. The van der Waals surface area contributed by atoms with Gasteiger partial charge in [0.25, 0.3) is 12.4 Å². The van der Waals surface area contributed by atoms with Crippen molar-refractivity contribution in [1.29, 1.82) is 0 Å². The van der Waals surface area contributed by atoms with Crippen molar-refractivity contribution in [3.63, 3.8) is 0 Å². The van der Waals surface area contributed by atoms with Crippen LogP contribution in [-0.2, 0) is 9.53 Å². The number of hydrogen-bond donors (Lipinski definition) is 2. The van der Waals surface area contributed by atoms with Crippen LogP contribution in [0.2, 0.25) is 5.02 Å². The minimum Gasteiger partial charge on any atom is -0.488 e. The highest BCUT2D eigenvalue weighted by Crippen LogP contribution is 2.25. The summed E-state index contributed by atoms with van der Waals surface area (Å²) >= 11 is 6.03. The van der Waals surface area contributed by atoms with Crippen LogP contribution in [-0.4, -0.2) is 42.2 Å². The maximum Gasteiger partial charge on any atom is 0.293 e. The van der Waals surface area contributed by atoms with E-state index >= 15 is 0 Å². The number of carbonyl (C=O) groups is 2. The third kappa shape index (κ3) is 8.94. The lowest BCUT2D eigenvalue weighted by atomic mass is 10.1. The fourth-order valence-electron chi connectivity index (χ4n) is 2.75. The minimum absolute atomic E-state index is 0.0671. The molecule has 1 aliphatic heterocycles. The molecule has 8 heteroatoms. The van der Waals surface area contributed by atoms with Crippen LogP contribution >= 0.6 is 11.6 Å². The zero-order valence-corrected chi connectivity index (χ0v) is 19.2. The van der Waals surface area contributed by atoms with Gasteiger partial charge in [-0.15, -0.1) is 0 Å². The second-order valence-electron chi connectivity index (χ2n) is 8.21. The number of nitrogens with zero attached hydrogens (tertiary/aromatic N) is 1. The van der Waals surface area contributed by atoms with Crippen molar-refractivity contribution in [2.24, 2.45) is 0 Å². The number of anilines is 1. The maximum absolute atomic E-state index is 12.6. The van der Waals surface area contributed by atoms with Crippen LogP contribution < -0.4 is 15.4 Å². The van der Waals surface area contributed by atoms with Crippen LogP contribution in [0.25, 0.3) is 0 Å². The molecule has 0 atom stereocenters. The number of halogens is 1. The van der Waals surface area contributed by atoms with Gasteiger partial charge in [-0.1, -0.05) is 29.3 Å². The molecule has 1 aromatic carbocycles. The van der Waals surface area contributed by atoms with Crippen LogP contribution in [0.3, 0.4) is 0 Å². The first-order valence-electron chi connectivity index (χ1n) is 10.2. The highest BCUT2D eigenvalue weighted by molar-refractivity contribution is 6.30. The summed E-state index contributed by atoms with van der Waals surface area (Å²) in [5.41, 5.74) is 1.78. The fourth-order valence-corrected chi connectivity index (χ4v) is 2.89. The lowest BCUT2D eigenvalue weighted by Gasteiger charge is -2.24. The minimum atomic E-state index is -0.318. The Labute approximate surface area is 188 Å². The molecule has 0 aliphatic carbocycles. The van der Waals surface area contributed by atoms with Gasteiger partial charge in [0, 0.05) is 18.0 Å². The molecule has 7 nitrogen and oxygen atoms in total. The molecule has 3 rings (SSSR count). The standard InChI is InChI=1S/C18H20ClN3O2.C5H10O2/c1-12-2-4-14(5-3-12)22-18(23)17-16(10-13(19)11-21-17)24-15-6-8-20-9-7-15;1-5(2,3)7-4-6/h2-5,10-11,15,20H,6-9H2,1H3,(H,22,23);4H,1-3H3. The molecular weight excluding hydrogens is 418 g/mol. The van der Waals surface area contributed by atoms with Crippen molar-refractivity contribution in [3.8, 4) is 5.75 Å². The van der Waals surface area contributed by atoms with E-state index in [1.807, 2.05) is 52.0 Å². The van der Waals surface area contributed by atoms with Gasteiger partial charge in [-0.05, 0) is 65.8 Å². The molecule has 2 heterocycles. The number of amides is 1. The molecule has 0 unspecified atom stereocenters. The van der Waals surface area contributed by atoms with Crippen molar-refractivity contribution in [3.05, 3.63) is 52.8 Å². The number of aryl methyl sites for hydroxylation is 1. The van der Waals surface area contributed by atoms with Crippen LogP contribution in [0.4, 0.5) is 5.69 Å². The molecule has 0 saturated carbocycles. The van der Waals surface area contributed by atoms with Gasteiger partial charge in [0.15, 0.2) is 11.4 Å². The topological polar surface area (TPSA) is 89.5 Å². The first kappa shape index (κ1) is 24.6. The molecule has 1 aromatic heterocycles. The number of hydrogen-bond acceptors (Lipinski definition) is 6. The Bertz CT molecular complexity index is 860. The Morgan fingerprint density at radius 2 is 1.87 bits per heavy atom. The number of ether oxygens (including phenoxy) is 2. The largest absolute Gasteiger partial charge is 0.488 e. The molecule has 0 spiro atoms. The van der Waals surface area contributed by atoms with Crippen LogP contribution in [0.15, 0.2) is 36.5 Å².